The molecule has 0 amide bonds. The van der Waals surface area contributed by atoms with Crippen molar-refractivity contribution in [3.8, 4) is 0 Å². The quantitative estimate of drug-likeness (QED) is 0.705. The number of piperidine rings is 1. The van der Waals surface area contributed by atoms with Crippen LogP contribution < -0.4 is 10.6 Å². The fourth-order valence-electron chi connectivity index (χ4n) is 6.93. The minimum absolute atomic E-state index is 0.495. The summed E-state index contributed by atoms with van der Waals surface area (Å²) in [6.07, 6.45) is 17.8. The SMILES string of the molecule is C1=CC(COC2CCCCC2C2CNC3NCC(C4CCOC4)C3C2)CCC1. The molecule has 2 N–H and O–H groups in total. The molecule has 5 rings (SSSR count). The van der Waals surface area contributed by atoms with Crippen molar-refractivity contribution in [2.75, 3.05) is 32.9 Å². The highest BCUT2D eigenvalue weighted by molar-refractivity contribution is 4.99. The van der Waals surface area contributed by atoms with E-state index in [9.17, 15) is 0 Å². The number of rotatable bonds is 5. The van der Waals surface area contributed by atoms with Crippen LogP contribution in [0.3, 0.4) is 0 Å². The van der Waals surface area contributed by atoms with Gasteiger partial charge in [-0.1, -0.05) is 25.0 Å². The lowest BCUT2D eigenvalue weighted by atomic mass is 9.69. The number of fused-ring (bicyclic) bond motifs is 1. The van der Waals surface area contributed by atoms with Gasteiger partial charge in [0.05, 0.1) is 18.9 Å². The molecule has 158 valence electrons. The second-order valence-corrected chi connectivity index (χ2v) is 10.2. The van der Waals surface area contributed by atoms with Crippen LogP contribution in [0.25, 0.3) is 0 Å². The molecule has 0 radical (unpaired) electrons. The van der Waals surface area contributed by atoms with Gasteiger partial charge >= 0.3 is 0 Å². The summed E-state index contributed by atoms with van der Waals surface area (Å²) in [6, 6.07) is 0. The summed E-state index contributed by atoms with van der Waals surface area (Å²) in [5.74, 6) is 4.58. The lowest BCUT2D eigenvalue weighted by Gasteiger charge is -2.43. The Bertz CT molecular complexity index is 533. The predicted octanol–water partition coefficient (Wildman–Crippen LogP) is 3.73. The molecule has 28 heavy (non-hydrogen) atoms. The molecule has 3 saturated heterocycles. The first-order valence-electron chi connectivity index (χ1n) is 12.2. The molecule has 8 unspecified atom stereocenters. The number of hydrogen-bond acceptors (Lipinski definition) is 4. The predicted molar refractivity (Wildman–Crippen MR) is 112 cm³/mol. The van der Waals surface area contributed by atoms with Gasteiger partial charge in [0.25, 0.3) is 0 Å². The van der Waals surface area contributed by atoms with E-state index in [1.807, 2.05) is 0 Å². The van der Waals surface area contributed by atoms with Crippen molar-refractivity contribution in [2.24, 2.45) is 35.5 Å². The molecule has 0 aromatic rings. The molecule has 0 aromatic carbocycles. The third-order valence-electron chi connectivity index (χ3n) is 8.53. The summed E-state index contributed by atoms with van der Waals surface area (Å²) in [4.78, 5) is 0. The summed E-state index contributed by atoms with van der Waals surface area (Å²) in [7, 11) is 0. The molecule has 4 nitrogen and oxygen atoms in total. The molecule has 2 aliphatic carbocycles. The highest BCUT2D eigenvalue weighted by Gasteiger charge is 2.46. The monoisotopic (exact) mass is 388 g/mol. The van der Waals surface area contributed by atoms with E-state index in [1.54, 1.807) is 0 Å². The summed E-state index contributed by atoms with van der Waals surface area (Å²) in [6.45, 7) is 5.28. The molecule has 5 aliphatic rings. The maximum Gasteiger partial charge on any atom is 0.0606 e. The summed E-state index contributed by atoms with van der Waals surface area (Å²) >= 11 is 0. The van der Waals surface area contributed by atoms with Gasteiger partial charge in [-0.2, -0.15) is 0 Å². The minimum atomic E-state index is 0.495. The second-order valence-electron chi connectivity index (χ2n) is 10.2. The van der Waals surface area contributed by atoms with Gasteiger partial charge < -0.3 is 20.1 Å². The fourth-order valence-corrected chi connectivity index (χ4v) is 6.93. The molecule has 0 spiro atoms. The number of hydrogen-bond donors (Lipinski definition) is 2. The molecule has 3 heterocycles. The first-order valence-corrected chi connectivity index (χ1v) is 12.2. The normalized spacial score (nSPS) is 46.6. The van der Waals surface area contributed by atoms with Crippen molar-refractivity contribution >= 4 is 0 Å². The van der Waals surface area contributed by atoms with Crippen LogP contribution in [0.1, 0.15) is 57.8 Å². The van der Waals surface area contributed by atoms with Crippen LogP contribution in [0.5, 0.6) is 0 Å². The van der Waals surface area contributed by atoms with Gasteiger partial charge in [-0.15, -0.1) is 0 Å². The van der Waals surface area contributed by atoms with Crippen LogP contribution in [-0.4, -0.2) is 45.2 Å². The van der Waals surface area contributed by atoms with E-state index in [0.717, 1.165) is 49.4 Å². The third-order valence-corrected chi connectivity index (χ3v) is 8.53. The van der Waals surface area contributed by atoms with Gasteiger partial charge in [0.2, 0.25) is 0 Å². The van der Waals surface area contributed by atoms with Crippen molar-refractivity contribution in [3.05, 3.63) is 12.2 Å². The number of nitrogens with one attached hydrogen (secondary N) is 2. The zero-order chi connectivity index (χ0) is 18.8. The Morgan fingerprint density at radius 1 is 0.893 bits per heavy atom. The molecule has 4 heteroatoms. The van der Waals surface area contributed by atoms with Crippen molar-refractivity contribution < 1.29 is 9.47 Å². The molecule has 3 aliphatic heterocycles. The maximum atomic E-state index is 6.61. The lowest BCUT2D eigenvalue weighted by molar-refractivity contribution is -0.0508. The van der Waals surface area contributed by atoms with Crippen molar-refractivity contribution in [1.82, 2.24) is 10.6 Å². The lowest BCUT2D eigenvalue weighted by Crippen LogP contribution is -2.52. The van der Waals surface area contributed by atoms with Gasteiger partial charge in [0, 0.05) is 25.7 Å². The zero-order valence-electron chi connectivity index (χ0n) is 17.5. The topological polar surface area (TPSA) is 42.5 Å². The standard InChI is InChI=1S/C24H40N2O2/c1-2-6-17(7-3-1)15-28-23-9-5-4-8-20(23)19-12-21-22(18-10-11-27-16-18)14-26-24(21)25-13-19/h2,6,17-26H,1,3-5,7-16H2. The van der Waals surface area contributed by atoms with Crippen LogP contribution in [0.4, 0.5) is 0 Å². The summed E-state index contributed by atoms with van der Waals surface area (Å²) in [5, 5.41) is 7.67. The van der Waals surface area contributed by atoms with Crippen molar-refractivity contribution in [1.29, 1.82) is 0 Å². The summed E-state index contributed by atoms with van der Waals surface area (Å²) in [5.41, 5.74) is 0. The first-order chi connectivity index (χ1) is 13.9. The van der Waals surface area contributed by atoms with E-state index in [4.69, 9.17) is 9.47 Å². The Morgan fingerprint density at radius 2 is 1.82 bits per heavy atom. The van der Waals surface area contributed by atoms with E-state index in [-0.39, 0.29) is 0 Å². The average Bonchev–Trinajstić information content (AvgIpc) is 3.42. The van der Waals surface area contributed by atoms with E-state index >= 15 is 0 Å². The smallest absolute Gasteiger partial charge is 0.0606 e. The number of ether oxygens (including phenoxy) is 2. The Balaban J connectivity index is 1.20. The zero-order valence-corrected chi connectivity index (χ0v) is 17.5. The van der Waals surface area contributed by atoms with Crippen LogP contribution >= 0.6 is 0 Å². The van der Waals surface area contributed by atoms with Crippen LogP contribution in [0.15, 0.2) is 12.2 Å². The van der Waals surface area contributed by atoms with E-state index in [2.05, 4.69) is 22.8 Å². The first kappa shape index (κ1) is 19.5. The molecule has 0 aromatic heterocycles. The highest BCUT2D eigenvalue weighted by Crippen LogP contribution is 2.43. The fraction of sp³-hybridized carbons (Fsp3) is 0.917. The highest BCUT2D eigenvalue weighted by atomic mass is 16.5. The number of allylic oxidation sites excluding steroid dienone is 1. The van der Waals surface area contributed by atoms with Gasteiger partial charge in [-0.05, 0) is 81.1 Å². The Morgan fingerprint density at radius 3 is 2.68 bits per heavy atom. The molecule has 1 saturated carbocycles. The van der Waals surface area contributed by atoms with Crippen LogP contribution in [-0.2, 0) is 9.47 Å². The largest absolute Gasteiger partial charge is 0.381 e. The molecular formula is C24H40N2O2. The van der Waals surface area contributed by atoms with Gasteiger partial charge in [-0.25, -0.2) is 0 Å². The van der Waals surface area contributed by atoms with Crippen LogP contribution in [0, 0.1) is 35.5 Å². The Kier molecular flexibility index (Phi) is 6.39. The average molecular weight is 389 g/mol. The maximum absolute atomic E-state index is 6.61. The Labute approximate surface area is 171 Å². The van der Waals surface area contributed by atoms with Crippen molar-refractivity contribution in [3.63, 3.8) is 0 Å². The Hall–Kier alpha value is -0.420. The summed E-state index contributed by atoms with van der Waals surface area (Å²) < 4.78 is 12.3. The molecule has 8 atom stereocenters. The second kappa shape index (κ2) is 9.16. The van der Waals surface area contributed by atoms with E-state index in [1.165, 1.54) is 70.9 Å². The van der Waals surface area contributed by atoms with E-state index in [0.29, 0.717) is 18.2 Å². The molecule has 4 fully saturated rings. The van der Waals surface area contributed by atoms with Gasteiger partial charge in [-0.3, -0.25) is 0 Å². The third kappa shape index (κ3) is 4.21. The van der Waals surface area contributed by atoms with Gasteiger partial charge in [0.1, 0.15) is 0 Å². The van der Waals surface area contributed by atoms with Crippen LogP contribution in [0.2, 0.25) is 0 Å². The van der Waals surface area contributed by atoms with Crippen molar-refractivity contribution in [2.45, 2.75) is 70.1 Å². The molecule has 0 bridgehead atoms. The minimum Gasteiger partial charge on any atom is -0.381 e. The van der Waals surface area contributed by atoms with Gasteiger partial charge in [0.15, 0.2) is 0 Å². The molecular weight excluding hydrogens is 348 g/mol. The van der Waals surface area contributed by atoms with E-state index < -0.39 is 0 Å².